The molecule has 0 unspecified atom stereocenters. The minimum atomic E-state index is -0.303. The molecule has 17 heavy (non-hydrogen) atoms. The Morgan fingerprint density at radius 1 is 1.29 bits per heavy atom. The molecule has 1 aliphatic rings. The van der Waals surface area contributed by atoms with Gasteiger partial charge < -0.3 is 5.32 Å². The standard InChI is InChI=1S/C12H10FN3O/c13-8-1-3-9(4-2-8)16-12(7-17)10-5-14-6-11(10)15-16/h1-4,7,14H,5-6H2. The molecule has 3 rings (SSSR count). The fourth-order valence-electron chi connectivity index (χ4n) is 2.05. The highest BCUT2D eigenvalue weighted by Gasteiger charge is 2.21. The lowest BCUT2D eigenvalue weighted by molar-refractivity contribution is 0.111. The Bertz CT molecular complexity index is 574. The van der Waals surface area contributed by atoms with Crippen molar-refractivity contribution in [1.29, 1.82) is 0 Å². The minimum absolute atomic E-state index is 0.303. The Balaban J connectivity index is 2.15. The number of aromatic nitrogens is 2. The van der Waals surface area contributed by atoms with E-state index in [0.29, 0.717) is 24.5 Å². The molecule has 0 atom stereocenters. The molecule has 0 bridgehead atoms. The molecule has 1 aliphatic heterocycles. The zero-order chi connectivity index (χ0) is 11.8. The Kier molecular flexibility index (Phi) is 2.26. The summed E-state index contributed by atoms with van der Waals surface area (Å²) in [5.74, 6) is -0.303. The smallest absolute Gasteiger partial charge is 0.168 e. The number of carbonyl (C=O) groups excluding carboxylic acids is 1. The number of nitrogens with zero attached hydrogens (tertiary/aromatic N) is 2. The predicted molar refractivity (Wildman–Crippen MR) is 59.5 cm³/mol. The molecule has 1 N–H and O–H groups in total. The highest BCUT2D eigenvalue weighted by atomic mass is 19.1. The molecule has 0 fully saturated rings. The number of hydrogen-bond acceptors (Lipinski definition) is 3. The molecule has 4 nitrogen and oxygen atoms in total. The maximum Gasteiger partial charge on any atom is 0.168 e. The second kappa shape index (κ2) is 3.78. The number of hydrogen-bond donors (Lipinski definition) is 1. The fourth-order valence-corrected chi connectivity index (χ4v) is 2.05. The first-order valence-electron chi connectivity index (χ1n) is 5.32. The first-order chi connectivity index (χ1) is 8.29. The maximum absolute atomic E-state index is 12.8. The summed E-state index contributed by atoms with van der Waals surface area (Å²) >= 11 is 0. The van der Waals surface area contributed by atoms with Gasteiger partial charge in [-0.05, 0) is 24.3 Å². The van der Waals surface area contributed by atoms with Crippen molar-refractivity contribution in [2.75, 3.05) is 0 Å². The summed E-state index contributed by atoms with van der Waals surface area (Å²) in [6.07, 6.45) is 0.794. The second-order valence-electron chi connectivity index (χ2n) is 3.92. The van der Waals surface area contributed by atoms with Crippen LogP contribution in [0.25, 0.3) is 5.69 Å². The largest absolute Gasteiger partial charge is 0.307 e. The molecule has 0 saturated heterocycles. The van der Waals surface area contributed by atoms with E-state index >= 15 is 0 Å². The van der Waals surface area contributed by atoms with Crippen LogP contribution in [0.1, 0.15) is 21.7 Å². The van der Waals surface area contributed by atoms with Crippen molar-refractivity contribution < 1.29 is 9.18 Å². The highest BCUT2D eigenvalue weighted by molar-refractivity contribution is 5.76. The van der Waals surface area contributed by atoms with Gasteiger partial charge in [-0.25, -0.2) is 9.07 Å². The maximum atomic E-state index is 12.8. The van der Waals surface area contributed by atoms with Crippen molar-refractivity contribution in [2.24, 2.45) is 0 Å². The van der Waals surface area contributed by atoms with E-state index in [4.69, 9.17) is 0 Å². The summed E-state index contributed by atoms with van der Waals surface area (Å²) in [5, 5.41) is 7.50. The van der Waals surface area contributed by atoms with Crippen molar-refractivity contribution in [1.82, 2.24) is 15.1 Å². The van der Waals surface area contributed by atoms with Gasteiger partial charge in [0.1, 0.15) is 11.5 Å². The van der Waals surface area contributed by atoms with Crippen molar-refractivity contribution in [3.63, 3.8) is 0 Å². The SMILES string of the molecule is O=Cc1c2c(nn1-c1ccc(F)cc1)CNC2. The molecule has 5 heteroatoms. The van der Waals surface area contributed by atoms with Gasteiger partial charge >= 0.3 is 0 Å². The lowest BCUT2D eigenvalue weighted by atomic mass is 10.2. The molecule has 1 aromatic heterocycles. The summed E-state index contributed by atoms with van der Waals surface area (Å²) < 4.78 is 14.4. The molecule has 0 radical (unpaired) electrons. The lowest BCUT2D eigenvalue weighted by Gasteiger charge is -2.04. The first-order valence-corrected chi connectivity index (χ1v) is 5.32. The third-order valence-corrected chi connectivity index (χ3v) is 2.88. The van der Waals surface area contributed by atoms with Crippen LogP contribution in [-0.2, 0) is 13.1 Å². The molecule has 2 aromatic rings. The van der Waals surface area contributed by atoms with E-state index in [9.17, 15) is 9.18 Å². The van der Waals surface area contributed by atoms with Crippen LogP contribution in [0.15, 0.2) is 24.3 Å². The lowest BCUT2D eigenvalue weighted by Crippen LogP contribution is -2.09. The molecule has 0 aliphatic carbocycles. The number of nitrogens with one attached hydrogen (secondary N) is 1. The molecular formula is C12H10FN3O. The topological polar surface area (TPSA) is 46.9 Å². The summed E-state index contributed by atoms with van der Waals surface area (Å²) in [6, 6.07) is 5.93. The number of fused-ring (bicyclic) bond motifs is 1. The Morgan fingerprint density at radius 3 is 2.76 bits per heavy atom. The van der Waals surface area contributed by atoms with Crippen LogP contribution in [0.4, 0.5) is 4.39 Å². The van der Waals surface area contributed by atoms with Crippen LogP contribution in [-0.4, -0.2) is 16.1 Å². The van der Waals surface area contributed by atoms with Crippen molar-refractivity contribution >= 4 is 6.29 Å². The van der Waals surface area contributed by atoms with Gasteiger partial charge in [-0.2, -0.15) is 5.10 Å². The minimum Gasteiger partial charge on any atom is -0.307 e. The highest BCUT2D eigenvalue weighted by Crippen LogP contribution is 2.21. The van der Waals surface area contributed by atoms with Gasteiger partial charge in [0.15, 0.2) is 6.29 Å². The zero-order valence-corrected chi connectivity index (χ0v) is 8.98. The van der Waals surface area contributed by atoms with E-state index in [-0.39, 0.29) is 5.82 Å². The molecule has 0 spiro atoms. The predicted octanol–water partition coefficient (Wildman–Crippen LogP) is 1.43. The van der Waals surface area contributed by atoms with Gasteiger partial charge in [0.2, 0.25) is 0 Å². The molecular weight excluding hydrogens is 221 g/mol. The summed E-state index contributed by atoms with van der Waals surface area (Å²) in [6.45, 7) is 1.33. The van der Waals surface area contributed by atoms with Crippen LogP contribution in [0.2, 0.25) is 0 Å². The van der Waals surface area contributed by atoms with Crippen molar-refractivity contribution in [3.8, 4) is 5.69 Å². The van der Waals surface area contributed by atoms with Crippen LogP contribution in [0.5, 0.6) is 0 Å². The fraction of sp³-hybridized carbons (Fsp3) is 0.167. The van der Waals surface area contributed by atoms with Gasteiger partial charge in [0.25, 0.3) is 0 Å². The van der Waals surface area contributed by atoms with Gasteiger partial charge in [0, 0.05) is 18.7 Å². The number of benzene rings is 1. The normalized spacial score (nSPS) is 13.7. The summed E-state index contributed by atoms with van der Waals surface area (Å²) in [4.78, 5) is 11.1. The molecule has 0 amide bonds. The third kappa shape index (κ3) is 1.55. The van der Waals surface area contributed by atoms with Crippen LogP contribution >= 0.6 is 0 Å². The Morgan fingerprint density at radius 2 is 2.06 bits per heavy atom. The van der Waals surface area contributed by atoms with E-state index in [1.807, 2.05) is 0 Å². The van der Waals surface area contributed by atoms with Crippen LogP contribution in [0, 0.1) is 5.82 Å². The number of aldehydes is 1. The zero-order valence-electron chi connectivity index (χ0n) is 8.98. The van der Waals surface area contributed by atoms with Crippen LogP contribution in [0.3, 0.4) is 0 Å². The Labute approximate surface area is 97.1 Å². The molecule has 2 heterocycles. The number of halogens is 1. The second-order valence-corrected chi connectivity index (χ2v) is 3.92. The summed E-state index contributed by atoms with van der Waals surface area (Å²) in [5.41, 5.74) is 3.06. The van der Waals surface area contributed by atoms with E-state index < -0.39 is 0 Å². The average molecular weight is 231 g/mol. The van der Waals surface area contributed by atoms with Crippen molar-refractivity contribution in [2.45, 2.75) is 13.1 Å². The van der Waals surface area contributed by atoms with Gasteiger partial charge in [-0.3, -0.25) is 4.79 Å². The van der Waals surface area contributed by atoms with E-state index in [0.717, 1.165) is 17.5 Å². The Hall–Kier alpha value is -2.01. The van der Waals surface area contributed by atoms with E-state index in [1.54, 1.807) is 16.8 Å². The van der Waals surface area contributed by atoms with Gasteiger partial charge in [0.05, 0.1) is 11.4 Å². The molecule has 86 valence electrons. The number of rotatable bonds is 2. The quantitative estimate of drug-likeness (QED) is 0.795. The molecule has 1 aromatic carbocycles. The molecule has 0 saturated carbocycles. The van der Waals surface area contributed by atoms with E-state index in [2.05, 4.69) is 10.4 Å². The van der Waals surface area contributed by atoms with E-state index in [1.165, 1.54) is 12.1 Å². The van der Waals surface area contributed by atoms with Gasteiger partial charge in [-0.1, -0.05) is 0 Å². The van der Waals surface area contributed by atoms with Crippen LogP contribution < -0.4 is 5.32 Å². The van der Waals surface area contributed by atoms with Crippen molar-refractivity contribution in [3.05, 3.63) is 47.0 Å². The summed E-state index contributed by atoms with van der Waals surface area (Å²) in [7, 11) is 0. The third-order valence-electron chi connectivity index (χ3n) is 2.88. The number of carbonyl (C=O) groups is 1. The first kappa shape index (κ1) is 10.2. The van der Waals surface area contributed by atoms with Gasteiger partial charge in [-0.15, -0.1) is 0 Å². The monoisotopic (exact) mass is 231 g/mol. The average Bonchev–Trinajstić information content (AvgIpc) is 2.89.